The summed E-state index contributed by atoms with van der Waals surface area (Å²) in [4.78, 5) is 11.9. The average Bonchev–Trinajstić information content (AvgIpc) is 3.01. The second-order valence-corrected chi connectivity index (χ2v) is 5.23. The van der Waals surface area contributed by atoms with E-state index in [-0.39, 0.29) is 6.10 Å². The molecule has 7 nitrogen and oxygen atoms in total. The van der Waals surface area contributed by atoms with Crippen LogP contribution in [0, 0.1) is 0 Å². The van der Waals surface area contributed by atoms with Gasteiger partial charge in [-0.15, -0.1) is 5.10 Å². The predicted octanol–water partition coefficient (Wildman–Crippen LogP) is 0.537. The van der Waals surface area contributed by atoms with Crippen LogP contribution in [0.1, 0.15) is 5.82 Å². The standard InChI is InChI=1S/C14H20N6O/c1-19(14-3-2-4-17-18-14)9-12-10-20(7-8-21-12)11-13-15-5-6-16-13/h2-6,12H,7-11H2,1H3,(H,15,16)/t12-/m1/s1. The molecule has 0 radical (unpaired) electrons. The first-order valence-electron chi connectivity index (χ1n) is 7.12. The molecule has 3 rings (SSSR count). The first-order chi connectivity index (χ1) is 10.3. The highest BCUT2D eigenvalue weighted by Crippen LogP contribution is 2.12. The fourth-order valence-electron chi connectivity index (χ4n) is 2.53. The van der Waals surface area contributed by atoms with E-state index in [0.717, 1.165) is 44.4 Å². The van der Waals surface area contributed by atoms with Crippen LogP contribution in [0.25, 0.3) is 0 Å². The van der Waals surface area contributed by atoms with Crippen LogP contribution in [0.5, 0.6) is 0 Å². The van der Waals surface area contributed by atoms with Crippen molar-refractivity contribution in [1.29, 1.82) is 0 Å². The number of H-pyrrole nitrogens is 1. The third-order valence-electron chi connectivity index (χ3n) is 3.58. The van der Waals surface area contributed by atoms with Crippen molar-refractivity contribution in [2.75, 3.05) is 38.2 Å². The molecule has 0 saturated carbocycles. The van der Waals surface area contributed by atoms with Gasteiger partial charge >= 0.3 is 0 Å². The molecule has 0 spiro atoms. The number of likely N-dealkylation sites (N-methyl/N-ethyl adjacent to an activating group) is 1. The number of aromatic nitrogens is 4. The summed E-state index contributed by atoms with van der Waals surface area (Å²) in [6.45, 7) is 4.21. The quantitative estimate of drug-likeness (QED) is 0.866. The van der Waals surface area contributed by atoms with Gasteiger partial charge in [-0.2, -0.15) is 5.10 Å². The van der Waals surface area contributed by atoms with Crippen molar-refractivity contribution < 1.29 is 4.74 Å². The van der Waals surface area contributed by atoms with E-state index in [9.17, 15) is 0 Å². The van der Waals surface area contributed by atoms with Crippen LogP contribution in [0.2, 0.25) is 0 Å². The van der Waals surface area contributed by atoms with Gasteiger partial charge in [-0.3, -0.25) is 4.90 Å². The summed E-state index contributed by atoms with van der Waals surface area (Å²) >= 11 is 0. The summed E-state index contributed by atoms with van der Waals surface area (Å²) in [5.74, 6) is 1.86. The number of nitrogens with one attached hydrogen (secondary N) is 1. The van der Waals surface area contributed by atoms with E-state index in [4.69, 9.17) is 4.74 Å². The van der Waals surface area contributed by atoms with Gasteiger partial charge in [0.25, 0.3) is 0 Å². The minimum absolute atomic E-state index is 0.167. The molecule has 0 aromatic carbocycles. The van der Waals surface area contributed by atoms with E-state index in [1.165, 1.54) is 0 Å². The highest BCUT2D eigenvalue weighted by atomic mass is 16.5. The van der Waals surface area contributed by atoms with Crippen LogP contribution in [0.3, 0.4) is 0 Å². The lowest BCUT2D eigenvalue weighted by Crippen LogP contribution is -2.46. The molecule has 2 aromatic rings. The molecule has 3 heterocycles. The summed E-state index contributed by atoms with van der Waals surface area (Å²) in [6.07, 6.45) is 5.49. The van der Waals surface area contributed by atoms with Gasteiger partial charge in [0.05, 0.1) is 19.3 Å². The van der Waals surface area contributed by atoms with E-state index >= 15 is 0 Å². The number of morpholine rings is 1. The topological polar surface area (TPSA) is 70.2 Å². The van der Waals surface area contributed by atoms with Crippen molar-refractivity contribution in [2.24, 2.45) is 0 Å². The third kappa shape index (κ3) is 3.77. The van der Waals surface area contributed by atoms with E-state index < -0.39 is 0 Å². The highest BCUT2D eigenvalue weighted by molar-refractivity contribution is 5.35. The average molecular weight is 288 g/mol. The summed E-state index contributed by atoms with van der Waals surface area (Å²) in [5, 5.41) is 8.02. The number of ether oxygens (including phenoxy) is 1. The maximum absolute atomic E-state index is 5.86. The lowest BCUT2D eigenvalue weighted by molar-refractivity contribution is -0.0271. The van der Waals surface area contributed by atoms with Gasteiger partial charge in [0.2, 0.25) is 0 Å². The van der Waals surface area contributed by atoms with E-state index in [0.29, 0.717) is 0 Å². The van der Waals surface area contributed by atoms with Crippen molar-refractivity contribution >= 4 is 5.82 Å². The maximum atomic E-state index is 5.86. The van der Waals surface area contributed by atoms with E-state index in [2.05, 4.69) is 30.0 Å². The first-order valence-corrected chi connectivity index (χ1v) is 7.12. The molecule has 2 aromatic heterocycles. The van der Waals surface area contributed by atoms with Crippen molar-refractivity contribution in [3.8, 4) is 0 Å². The van der Waals surface area contributed by atoms with Gasteiger partial charge in [0.15, 0.2) is 5.82 Å². The van der Waals surface area contributed by atoms with Crippen molar-refractivity contribution in [3.05, 3.63) is 36.5 Å². The van der Waals surface area contributed by atoms with Crippen LogP contribution in [0.4, 0.5) is 5.82 Å². The second kappa shape index (κ2) is 6.64. The lowest BCUT2D eigenvalue weighted by Gasteiger charge is -2.34. The molecule has 1 atom stereocenters. The predicted molar refractivity (Wildman–Crippen MR) is 78.9 cm³/mol. The monoisotopic (exact) mass is 288 g/mol. The molecule has 1 aliphatic rings. The number of nitrogens with zero attached hydrogens (tertiary/aromatic N) is 5. The van der Waals surface area contributed by atoms with Crippen molar-refractivity contribution in [3.63, 3.8) is 0 Å². The molecule has 0 bridgehead atoms. The Kier molecular flexibility index (Phi) is 4.42. The van der Waals surface area contributed by atoms with E-state index in [1.54, 1.807) is 12.4 Å². The molecule has 7 heteroatoms. The molecule has 21 heavy (non-hydrogen) atoms. The summed E-state index contributed by atoms with van der Waals surface area (Å²) in [5.41, 5.74) is 0. The number of imidazole rings is 1. The minimum atomic E-state index is 0.167. The van der Waals surface area contributed by atoms with Gasteiger partial charge in [-0.1, -0.05) is 0 Å². The molecular formula is C14H20N6O. The number of aromatic amines is 1. The second-order valence-electron chi connectivity index (χ2n) is 5.23. The van der Waals surface area contributed by atoms with Crippen LogP contribution >= 0.6 is 0 Å². The van der Waals surface area contributed by atoms with Gasteiger partial charge in [-0.05, 0) is 12.1 Å². The van der Waals surface area contributed by atoms with Gasteiger partial charge < -0.3 is 14.6 Å². The zero-order valence-electron chi connectivity index (χ0n) is 12.1. The SMILES string of the molecule is CN(C[C@@H]1CN(Cc2ncc[nH]2)CCO1)c1cccnn1. The molecule has 1 N–H and O–H groups in total. The number of anilines is 1. The Balaban J connectivity index is 1.54. The van der Waals surface area contributed by atoms with Gasteiger partial charge in [0.1, 0.15) is 5.82 Å². The van der Waals surface area contributed by atoms with Crippen LogP contribution in [-0.2, 0) is 11.3 Å². The Labute approximate surface area is 124 Å². The normalized spacial score (nSPS) is 19.6. The molecule has 0 amide bonds. The Bertz CT molecular complexity index is 532. The summed E-state index contributed by atoms with van der Waals surface area (Å²) < 4.78 is 5.86. The molecule has 0 aliphatic carbocycles. The number of rotatable bonds is 5. The van der Waals surface area contributed by atoms with Crippen LogP contribution < -0.4 is 4.90 Å². The third-order valence-corrected chi connectivity index (χ3v) is 3.58. The van der Waals surface area contributed by atoms with Crippen molar-refractivity contribution in [2.45, 2.75) is 12.6 Å². The molecule has 1 aliphatic heterocycles. The largest absolute Gasteiger partial charge is 0.374 e. The zero-order chi connectivity index (χ0) is 14.5. The number of hydrogen-bond donors (Lipinski definition) is 1. The zero-order valence-corrected chi connectivity index (χ0v) is 12.1. The Morgan fingerprint density at radius 2 is 2.43 bits per heavy atom. The van der Waals surface area contributed by atoms with E-state index in [1.807, 2.05) is 25.4 Å². The van der Waals surface area contributed by atoms with Gasteiger partial charge in [-0.25, -0.2) is 4.98 Å². The first kappa shape index (κ1) is 14.0. The van der Waals surface area contributed by atoms with Crippen molar-refractivity contribution in [1.82, 2.24) is 25.1 Å². The maximum Gasteiger partial charge on any atom is 0.151 e. The fourth-order valence-corrected chi connectivity index (χ4v) is 2.53. The minimum Gasteiger partial charge on any atom is -0.374 e. The molecule has 1 saturated heterocycles. The van der Waals surface area contributed by atoms with Gasteiger partial charge in [0, 0.05) is 45.3 Å². The molecule has 112 valence electrons. The number of hydrogen-bond acceptors (Lipinski definition) is 6. The Hall–Kier alpha value is -1.99. The Morgan fingerprint density at radius 1 is 1.48 bits per heavy atom. The molecular weight excluding hydrogens is 268 g/mol. The summed E-state index contributed by atoms with van der Waals surface area (Å²) in [6, 6.07) is 3.85. The molecule has 0 unspecified atom stereocenters. The Morgan fingerprint density at radius 3 is 3.19 bits per heavy atom. The molecule has 1 fully saturated rings. The highest BCUT2D eigenvalue weighted by Gasteiger charge is 2.22. The smallest absolute Gasteiger partial charge is 0.151 e. The summed E-state index contributed by atoms with van der Waals surface area (Å²) in [7, 11) is 2.01. The van der Waals surface area contributed by atoms with Crippen LogP contribution in [-0.4, -0.2) is 64.5 Å². The van der Waals surface area contributed by atoms with Crippen LogP contribution in [0.15, 0.2) is 30.7 Å². The lowest BCUT2D eigenvalue weighted by atomic mass is 10.2. The fraction of sp³-hybridized carbons (Fsp3) is 0.500.